The van der Waals surface area contributed by atoms with Gasteiger partial charge in [0.15, 0.2) is 23.0 Å². The molecule has 1 aliphatic rings. The van der Waals surface area contributed by atoms with Crippen molar-refractivity contribution in [1.29, 1.82) is 0 Å². The second-order valence-electron chi connectivity index (χ2n) is 6.14. The Balaban J connectivity index is 1.46. The maximum absolute atomic E-state index is 11.6. The number of fused-ring (bicyclic) bond motifs is 1. The van der Waals surface area contributed by atoms with E-state index >= 15 is 0 Å². The number of rotatable bonds is 9. The minimum Gasteiger partial charge on any atom is -0.493 e. The second kappa shape index (κ2) is 9.29. The largest absolute Gasteiger partial charge is 0.493 e. The molecule has 0 aromatic heterocycles. The van der Waals surface area contributed by atoms with E-state index in [-0.39, 0.29) is 13.4 Å². The zero-order chi connectivity index (χ0) is 19.9. The van der Waals surface area contributed by atoms with E-state index in [1.807, 2.05) is 18.2 Å². The zero-order valence-corrected chi connectivity index (χ0v) is 15.8. The standard InChI is InChI=1S/C20H23NO7/c1-24-18-8-14(20(23)25-2)4-6-16(18)26-11-15(22)10-21-9-13-3-5-17-19(7-13)28-12-27-17/h3-8,15,21-22H,9-12H2,1-2H3/t15-/m0/s1. The topological polar surface area (TPSA) is 95.5 Å². The highest BCUT2D eigenvalue weighted by molar-refractivity contribution is 5.90. The van der Waals surface area contributed by atoms with Crippen molar-refractivity contribution in [2.45, 2.75) is 12.6 Å². The van der Waals surface area contributed by atoms with Crippen LogP contribution in [0.4, 0.5) is 0 Å². The van der Waals surface area contributed by atoms with E-state index in [0.717, 1.165) is 17.1 Å². The molecule has 0 unspecified atom stereocenters. The lowest BCUT2D eigenvalue weighted by molar-refractivity contribution is 0.0600. The first-order valence-electron chi connectivity index (χ1n) is 8.77. The summed E-state index contributed by atoms with van der Waals surface area (Å²) >= 11 is 0. The first-order valence-corrected chi connectivity index (χ1v) is 8.77. The number of aliphatic hydroxyl groups is 1. The molecule has 0 saturated heterocycles. The Labute approximate surface area is 162 Å². The van der Waals surface area contributed by atoms with Gasteiger partial charge in [0.1, 0.15) is 12.7 Å². The van der Waals surface area contributed by atoms with Gasteiger partial charge >= 0.3 is 5.97 Å². The van der Waals surface area contributed by atoms with E-state index in [4.69, 9.17) is 18.9 Å². The molecule has 0 bridgehead atoms. The summed E-state index contributed by atoms with van der Waals surface area (Å²) < 4.78 is 26.2. The average molecular weight is 389 g/mol. The minimum atomic E-state index is -0.723. The van der Waals surface area contributed by atoms with Gasteiger partial charge in [-0.1, -0.05) is 6.07 Å². The van der Waals surface area contributed by atoms with Gasteiger partial charge in [0.2, 0.25) is 6.79 Å². The van der Waals surface area contributed by atoms with Crippen LogP contribution in [0.5, 0.6) is 23.0 Å². The molecule has 28 heavy (non-hydrogen) atoms. The molecule has 150 valence electrons. The molecular formula is C20H23NO7. The Morgan fingerprint density at radius 1 is 1.14 bits per heavy atom. The lowest BCUT2D eigenvalue weighted by atomic mass is 10.2. The molecule has 2 aromatic rings. The minimum absolute atomic E-state index is 0.0715. The predicted octanol–water partition coefficient (Wildman–Crippen LogP) is 1.74. The smallest absolute Gasteiger partial charge is 0.337 e. The average Bonchev–Trinajstić information content (AvgIpc) is 3.19. The number of nitrogens with one attached hydrogen (secondary N) is 1. The molecule has 0 aliphatic carbocycles. The molecule has 2 aromatic carbocycles. The van der Waals surface area contributed by atoms with Crippen LogP contribution in [-0.4, -0.2) is 51.3 Å². The molecule has 8 nitrogen and oxygen atoms in total. The van der Waals surface area contributed by atoms with Crippen LogP contribution in [0.25, 0.3) is 0 Å². The van der Waals surface area contributed by atoms with E-state index in [1.165, 1.54) is 20.3 Å². The molecule has 0 amide bonds. The SMILES string of the molecule is COC(=O)c1ccc(OC[C@@H](O)CNCc2ccc3c(c2)OCO3)c(OC)c1. The van der Waals surface area contributed by atoms with Crippen LogP contribution < -0.4 is 24.3 Å². The first-order chi connectivity index (χ1) is 13.6. The third-order valence-corrected chi connectivity index (χ3v) is 4.16. The molecule has 0 fully saturated rings. The molecular weight excluding hydrogens is 366 g/mol. The summed E-state index contributed by atoms with van der Waals surface area (Å²) in [6.45, 7) is 1.23. The highest BCUT2D eigenvalue weighted by Crippen LogP contribution is 2.32. The van der Waals surface area contributed by atoms with E-state index in [2.05, 4.69) is 10.1 Å². The van der Waals surface area contributed by atoms with Gasteiger partial charge in [-0.3, -0.25) is 0 Å². The molecule has 0 saturated carbocycles. The third kappa shape index (κ3) is 4.85. The molecule has 1 heterocycles. The number of esters is 1. The summed E-state index contributed by atoms with van der Waals surface area (Å²) in [5, 5.41) is 13.3. The third-order valence-electron chi connectivity index (χ3n) is 4.16. The zero-order valence-electron chi connectivity index (χ0n) is 15.8. The predicted molar refractivity (Wildman–Crippen MR) is 100 cm³/mol. The van der Waals surface area contributed by atoms with Crippen molar-refractivity contribution in [2.75, 3.05) is 34.2 Å². The quantitative estimate of drug-likeness (QED) is 0.626. The summed E-state index contributed by atoms with van der Waals surface area (Å²) in [5.74, 6) is 1.83. The van der Waals surface area contributed by atoms with Gasteiger partial charge in [0.25, 0.3) is 0 Å². The summed E-state index contributed by atoms with van der Waals surface area (Å²) in [7, 11) is 2.79. The summed E-state index contributed by atoms with van der Waals surface area (Å²) in [6, 6.07) is 10.4. The van der Waals surface area contributed by atoms with Crippen LogP contribution in [0, 0.1) is 0 Å². The maximum atomic E-state index is 11.6. The van der Waals surface area contributed by atoms with Gasteiger partial charge in [0.05, 0.1) is 19.8 Å². The first kappa shape index (κ1) is 19.8. The van der Waals surface area contributed by atoms with Gasteiger partial charge < -0.3 is 34.1 Å². The highest BCUT2D eigenvalue weighted by Gasteiger charge is 2.14. The van der Waals surface area contributed by atoms with Crippen LogP contribution in [0.2, 0.25) is 0 Å². The van der Waals surface area contributed by atoms with Gasteiger partial charge in [0, 0.05) is 13.1 Å². The Morgan fingerprint density at radius 2 is 1.96 bits per heavy atom. The van der Waals surface area contributed by atoms with Crippen molar-refractivity contribution in [3.8, 4) is 23.0 Å². The molecule has 3 rings (SSSR count). The fourth-order valence-corrected chi connectivity index (χ4v) is 2.71. The van der Waals surface area contributed by atoms with Gasteiger partial charge in [-0.15, -0.1) is 0 Å². The second-order valence-corrected chi connectivity index (χ2v) is 6.14. The van der Waals surface area contributed by atoms with Crippen LogP contribution in [-0.2, 0) is 11.3 Å². The van der Waals surface area contributed by atoms with E-state index in [1.54, 1.807) is 12.1 Å². The van der Waals surface area contributed by atoms with Crippen LogP contribution in [0.1, 0.15) is 15.9 Å². The molecule has 1 aliphatic heterocycles. The Hall–Kier alpha value is -2.97. The molecule has 1 atom stereocenters. The van der Waals surface area contributed by atoms with E-state index in [0.29, 0.717) is 30.2 Å². The molecule has 8 heteroatoms. The number of aliphatic hydroxyl groups excluding tert-OH is 1. The Bertz CT molecular complexity index is 824. The number of carbonyl (C=O) groups excluding carboxylic acids is 1. The lowest BCUT2D eigenvalue weighted by Crippen LogP contribution is -2.31. The number of benzene rings is 2. The number of carbonyl (C=O) groups is 1. The number of ether oxygens (including phenoxy) is 5. The van der Waals surface area contributed by atoms with Gasteiger partial charge in [-0.05, 0) is 35.9 Å². The van der Waals surface area contributed by atoms with E-state index < -0.39 is 12.1 Å². The molecule has 0 spiro atoms. The van der Waals surface area contributed by atoms with Crippen LogP contribution >= 0.6 is 0 Å². The van der Waals surface area contributed by atoms with E-state index in [9.17, 15) is 9.90 Å². The molecule has 2 N–H and O–H groups in total. The van der Waals surface area contributed by atoms with Crippen LogP contribution in [0.3, 0.4) is 0 Å². The number of hydrogen-bond acceptors (Lipinski definition) is 8. The van der Waals surface area contributed by atoms with Crippen molar-refractivity contribution in [2.24, 2.45) is 0 Å². The lowest BCUT2D eigenvalue weighted by Gasteiger charge is -2.15. The normalized spacial score (nSPS) is 13.1. The monoisotopic (exact) mass is 389 g/mol. The molecule has 0 radical (unpaired) electrons. The fraction of sp³-hybridized carbons (Fsp3) is 0.350. The highest BCUT2D eigenvalue weighted by atomic mass is 16.7. The Kier molecular flexibility index (Phi) is 6.57. The van der Waals surface area contributed by atoms with Crippen molar-refractivity contribution in [1.82, 2.24) is 5.32 Å². The maximum Gasteiger partial charge on any atom is 0.337 e. The van der Waals surface area contributed by atoms with Crippen LogP contribution in [0.15, 0.2) is 36.4 Å². The van der Waals surface area contributed by atoms with Crippen molar-refractivity contribution in [3.05, 3.63) is 47.5 Å². The van der Waals surface area contributed by atoms with Crippen molar-refractivity contribution < 1.29 is 33.6 Å². The summed E-state index contributed by atoms with van der Waals surface area (Å²) in [4.78, 5) is 11.6. The van der Waals surface area contributed by atoms with Gasteiger partial charge in [-0.2, -0.15) is 0 Å². The van der Waals surface area contributed by atoms with Crippen molar-refractivity contribution >= 4 is 5.97 Å². The summed E-state index contributed by atoms with van der Waals surface area (Å²) in [5.41, 5.74) is 1.38. The Morgan fingerprint density at radius 3 is 2.75 bits per heavy atom. The van der Waals surface area contributed by atoms with Crippen molar-refractivity contribution in [3.63, 3.8) is 0 Å². The van der Waals surface area contributed by atoms with Gasteiger partial charge in [-0.25, -0.2) is 4.79 Å². The number of methoxy groups -OCH3 is 2. The fourth-order valence-electron chi connectivity index (χ4n) is 2.71. The summed E-state index contributed by atoms with van der Waals surface area (Å²) in [6.07, 6.45) is -0.723. The number of hydrogen-bond donors (Lipinski definition) is 2.